The second-order valence-corrected chi connectivity index (χ2v) is 20.7. The Hall–Kier alpha value is -7.98. The molecular formula is C57H66F3N13O6. The Bertz CT molecular complexity index is 3200. The number of hydrogen-bond donors (Lipinski definition) is 5. The fourth-order valence-electron chi connectivity index (χ4n) is 11.3. The van der Waals surface area contributed by atoms with Gasteiger partial charge in [0.2, 0.25) is 23.6 Å². The number of nitrogens with one attached hydrogen (secondary N) is 2. The van der Waals surface area contributed by atoms with E-state index >= 15 is 0 Å². The third-order valence-corrected chi connectivity index (χ3v) is 15.6. The maximum atomic E-state index is 13.6. The SMILES string of the molecule is C=CC(=O)N1CCN(c2nc(NCCC(=O)N3CCC(CN4CCN(Cc5ccc(-n6c(C(=O)NCC(F)(F)F)nnc6-c6cc(CC)c(O)cc6O)cc5)CC4)CC3)nc3c2CCN(c2cc(O)cc4ccccc24)C3)CC1. The summed E-state index contributed by atoms with van der Waals surface area (Å²) in [4.78, 5) is 62.3. The maximum Gasteiger partial charge on any atom is 0.405 e. The number of rotatable bonds is 16. The van der Waals surface area contributed by atoms with E-state index in [4.69, 9.17) is 9.97 Å². The van der Waals surface area contributed by atoms with Crippen LogP contribution >= 0.6 is 0 Å². The molecule has 2 aromatic heterocycles. The highest BCUT2D eigenvalue weighted by Gasteiger charge is 2.33. The molecule has 22 heteroatoms. The zero-order chi connectivity index (χ0) is 55.4. The Kier molecular flexibility index (Phi) is 16.2. The minimum atomic E-state index is -4.65. The Morgan fingerprint density at radius 2 is 1.53 bits per heavy atom. The van der Waals surface area contributed by atoms with E-state index < -0.39 is 24.5 Å². The van der Waals surface area contributed by atoms with Gasteiger partial charge < -0.3 is 50.5 Å². The second kappa shape index (κ2) is 23.5. The summed E-state index contributed by atoms with van der Waals surface area (Å²) < 4.78 is 40.5. The van der Waals surface area contributed by atoms with Crippen molar-refractivity contribution in [3.63, 3.8) is 0 Å². The standard InChI is InChI=1S/C57H66F3N13O6/c1-3-39-30-45(49(76)32-48(39)75)53-65-66-54(55(79)62-36-57(58,59)60)73(53)41-11-9-37(10-12-41)33-67-21-23-68(24-22-67)34-38-14-18-69(19-15-38)51(78)13-17-61-56-63-46-35-72(47-31-42(74)29-40-7-5-6-8-43(40)47)20-16-44(46)52(64-56)71-27-25-70(26-28-71)50(77)4-2/h4-12,29-32,38,74-76H,2-3,13-28,33-36H2,1H3,(H,62,79)(H,61,63,64). The summed E-state index contributed by atoms with van der Waals surface area (Å²) in [5.41, 5.74) is 4.93. The molecule has 0 saturated carbocycles. The monoisotopic (exact) mass is 1090 g/mol. The molecule has 0 aliphatic carbocycles. The summed E-state index contributed by atoms with van der Waals surface area (Å²) in [6.45, 7) is 14.4. The minimum absolute atomic E-state index is 0.0207. The number of piperidine rings is 1. The third-order valence-electron chi connectivity index (χ3n) is 15.6. The molecule has 4 aliphatic rings. The first-order valence-corrected chi connectivity index (χ1v) is 27.0. The van der Waals surface area contributed by atoms with Gasteiger partial charge in [-0.1, -0.05) is 49.9 Å². The van der Waals surface area contributed by atoms with E-state index in [-0.39, 0.29) is 40.5 Å². The van der Waals surface area contributed by atoms with Gasteiger partial charge in [-0.2, -0.15) is 18.2 Å². The molecule has 4 aromatic carbocycles. The van der Waals surface area contributed by atoms with Crippen molar-refractivity contribution < 1.29 is 42.9 Å². The van der Waals surface area contributed by atoms with Crippen molar-refractivity contribution in [2.45, 2.75) is 58.3 Å². The number of aromatic nitrogens is 5. The number of anilines is 3. The average Bonchev–Trinajstić information content (AvgIpc) is 3.94. The number of piperazine rings is 2. The highest BCUT2D eigenvalue weighted by molar-refractivity contribution is 5.96. The van der Waals surface area contributed by atoms with Crippen molar-refractivity contribution in [3.8, 4) is 34.3 Å². The number of fused-ring (bicyclic) bond motifs is 2. The van der Waals surface area contributed by atoms with Crippen LogP contribution in [0.2, 0.25) is 0 Å². The predicted molar refractivity (Wildman–Crippen MR) is 293 cm³/mol. The van der Waals surface area contributed by atoms with Crippen LogP contribution in [0.1, 0.15) is 59.2 Å². The van der Waals surface area contributed by atoms with Crippen molar-refractivity contribution in [1.82, 2.24) is 49.6 Å². The lowest BCUT2D eigenvalue weighted by molar-refractivity contribution is -0.132. The normalized spacial score (nSPS) is 16.8. The zero-order valence-electron chi connectivity index (χ0n) is 44.3. The number of aryl methyl sites for hydroxylation is 1. The summed E-state index contributed by atoms with van der Waals surface area (Å²) in [6.07, 6.45) is -0.0364. The van der Waals surface area contributed by atoms with Gasteiger partial charge in [-0.3, -0.25) is 23.9 Å². The summed E-state index contributed by atoms with van der Waals surface area (Å²) in [5.74, 6) is 0.0503. The Morgan fingerprint density at radius 3 is 2.25 bits per heavy atom. The molecule has 19 nitrogen and oxygen atoms in total. The molecule has 6 aromatic rings. The van der Waals surface area contributed by atoms with Crippen LogP contribution in [0.3, 0.4) is 0 Å². The van der Waals surface area contributed by atoms with E-state index in [1.165, 1.54) is 16.7 Å². The van der Waals surface area contributed by atoms with E-state index in [9.17, 15) is 42.9 Å². The molecule has 10 rings (SSSR count). The summed E-state index contributed by atoms with van der Waals surface area (Å²) in [6, 6.07) is 21.5. The topological polar surface area (TPSA) is 212 Å². The van der Waals surface area contributed by atoms with Crippen LogP contribution in [0.4, 0.5) is 30.6 Å². The molecule has 0 radical (unpaired) electrons. The van der Waals surface area contributed by atoms with Gasteiger partial charge in [-0.05, 0) is 78.5 Å². The van der Waals surface area contributed by atoms with Crippen molar-refractivity contribution >= 4 is 45.9 Å². The van der Waals surface area contributed by atoms with E-state index in [1.807, 2.05) is 53.5 Å². The Morgan fingerprint density at radius 1 is 0.797 bits per heavy atom. The van der Waals surface area contributed by atoms with E-state index in [2.05, 4.69) is 47.8 Å². The first-order chi connectivity index (χ1) is 38.1. The number of aromatic hydroxyl groups is 3. The van der Waals surface area contributed by atoms with Crippen molar-refractivity contribution in [2.24, 2.45) is 5.92 Å². The molecule has 6 heterocycles. The number of amides is 3. The molecule has 5 N–H and O–H groups in total. The van der Waals surface area contributed by atoms with Crippen molar-refractivity contribution in [1.29, 1.82) is 0 Å². The lowest BCUT2D eigenvalue weighted by Gasteiger charge is -2.39. The van der Waals surface area contributed by atoms with Crippen LogP contribution in [-0.4, -0.2) is 175 Å². The molecule has 79 heavy (non-hydrogen) atoms. The molecule has 0 bridgehead atoms. The second-order valence-electron chi connectivity index (χ2n) is 20.7. The molecule has 0 unspecified atom stereocenters. The quantitative estimate of drug-likeness (QED) is 0.0693. The van der Waals surface area contributed by atoms with Crippen LogP contribution in [0.5, 0.6) is 17.2 Å². The van der Waals surface area contributed by atoms with Gasteiger partial charge >= 0.3 is 6.18 Å². The minimum Gasteiger partial charge on any atom is -0.508 e. The molecule has 4 aliphatic heterocycles. The van der Waals surface area contributed by atoms with E-state index in [0.29, 0.717) is 108 Å². The van der Waals surface area contributed by atoms with Gasteiger partial charge in [-0.25, -0.2) is 4.98 Å². The fourth-order valence-corrected chi connectivity index (χ4v) is 11.3. The van der Waals surface area contributed by atoms with Crippen LogP contribution in [0, 0.1) is 5.92 Å². The molecule has 0 atom stereocenters. The summed E-state index contributed by atoms with van der Waals surface area (Å²) in [7, 11) is 0. The number of carbonyl (C=O) groups is 3. The lowest BCUT2D eigenvalue weighted by atomic mass is 9.95. The van der Waals surface area contributed by atoms with Crippen LogP contribution in [-0.2, 0) is 35.5 Å². The van der Waals surface area contributed by atoms with Gasteiger partial charge in [0, 0.05) is 133 Å². The summed E-state index contributed by atoms with van der Waals surface area (Å²) >= 11 is 0. The number of hydrogen-bond acceptors (Lipinski definition) is 15. The first kappa shape index (κ1) is 54.4. The van der Waals surface area contributed by atoms with Crippen molar-refractivity contribution in [2.75, 3.05) is 107 Å². The summed E-state index contributed by atoms with van der Waals surface area (Å²) in [5, 5.41) is 47.1. The molecule has 0 spiro atoms. The predicted octanol–water partition coefficient (Wildman–Crippen LogP) is 6.10. The highest BCUT2D eigenvalue weighted by Crippen LogP contribution is 2.38. The number of likely N-dealkylation sites (tertiary alicyclic amines) is 1. The third kappa shape index (κ3) is 12.5. The smallest absolute Gasteiger partial charge is 0.405 e. The lowest BCUT2D eigenvalue weighted by Crippen LogP contribution is -2.49. The van der Waals surface area contributed by atoms with Gasteiger partial charge in [0.25, 0.3) is 5.91 Å². The van der Waals surface area contributed by atoms with Crippen molar-refractivity contribution in [3.05, 3.63) is 114 Å². The number of nitrogens with zero attached hydrogens (tertiary/aromatic N) is 11. The Balaban J connectivity index is 0.711. The fraction of sp³-hybridized carbons (Fsp3) is 0.421. The van der Waals surface area contributed by atoms with Crippen LogP contribution in [0.15, 0.2) is 85.5 Å². The van der Waals surface area contributed by atoms with Gasteiger partial charge in [0.1, 0.15) is 29.6 Å². The first-order valence-electron chi connectivity index (χ1n) is 27.0. The maximum absolute atomic E-state index is 13.6. The number of phenols is 3. The molecular weight excluding hydrogens is 1020 g/mol. The zero-order valence-corrected chi connectivity index (χ0v) is 44.3. The molecule has 3 amide bonds. The van der Waals surface area contributed by atoms with E-state index in [0.717, 1.165) is 90.7 Å². The van der Waals surface area contributed by atoms with Gasteiger partial charge in [0.15, 0.2) is 5.82 Å². The number of carbonyl (C=O) groups excluding carboxylic acids is 3. The van der Waals surface area contributed by atoms with Gasteiger partial charge in [-0.15, -0.1) is 10.2 Å². The molecule has 3 fully saturated rings. The number of halogens is 3. The Labute approximate surface area is 456 Å². The highest BCUT2D eigenvalue weighted by atomic mass is 19.4. The van der Waals surface area contributed by atoms with Crippen LogP contribution in [0.25, 0.3) is 27.8 Å². The number of phenolic OH excluding ortho intramolecular Hbond substituents is 3. The van der Waals surface area contributed by atoms with E-state index in [1.54, 1.807) is 23.1 Å². The number of alkyl halides is 3. The average molecular weight is 1090 g/mol. The largest absolute Gasteiger partial charge is 0.508 e. The van der Waals surface area contributed by atoms with Gasteiger partial charge in [0.05, 0.1) is 17.8 Å². The number of benzene rings is 4. The molecule has 3 saturated heterocycles. The molecule has 416 valence electrons. The van der Waals surface area contributed by atoms with Crippen LogP contribution < -0.4 is 20.4 Å².